The first-order valence-corrected chi connectivity index (χ1v) is 4.96. The Labute approximate surface area is 99.1 Å². The number of hydrogen-bond acceptors (Lipinski definition) is 4. The minimum Gasteiger partial charge on any atom is -0.312 e. The van der Waals surface area contributed by atoms with Gasteiger partial charge in [-0.25, -0.2) is 0 Å². The molecule has 0 N–H and O–H groups in total. The lowest BCUT2D eigenvalue weighted by atomic mass is 10.2. The third-order valence-corrected chi connectivity index (χ3v) is 2.22. The molecule has 1 aromatic rings. The van der Waals surface area contributed by atoms with E-state index in [0.717, 1.165) is 4.90 Å². The number of nitriles is 2. The van der Waals surface area contributed by atoms with Gasteiger partial charge < -0.3 is 4.90 Å². The van der Waals surface area contributed by atoms with Crippen LogP contribution in [-0.4, -0.2) is 23.9 Å². The van der Waals surface area contributed by atoms with Crippen LogP contribution in [0.3, 0.4) is 0 Å². The fourth-order valence-corrected chi connectivity index (χ4v) is 1.31. The molecular weight excluding hydrogens is 222 g/mol. The van der Waals surface area contributed by atoms with Crippen molar-refractivity contribution in [2.45, 2.75) is 4.90 Å². The first-order valence-electron chi connectivity index (χ1n) is 4.51. The summed E-state index contributed by atoms with van der Waals surface area (Å²) in [6.45, 7) is -0.177. The Morgan fingerprint density at radius 3 is 2.12 bits per heavy atom. The fourth-order valence-electron chi connectivity index (χ4n) is 1.16. The molecular formula is C11H9N3OS. The maximum atomic E-state index is 11.8. The number of carbonyl (C=O) groups excluding carboxylic acids is 1. The van der Waals surface area contributed by atoms with Crippen LogP contribution in [-0.2, 0) is 0 Å². The molecule has 0 unspecified atom stereocenters. The second-order valence-electron chi connectivity index (χ2n) is 3.02. The molecule has 0 aliphatic rings. The fraction of sp³-hybridized carbons (Fsp3) is 0.182. The summed E-state index contributed by atoms with van der Waals surface area (Å²) in [5, 5.41) is 17.1. The third kappa shape index (κ3) is 3.01. The zero-order valence-electron chi connectivity index (χ0n) is 8.42. The standard InChI is InChI=1S/C11H9N3OS/c12-5-7-14(8-6-13)11(15)9-1-3-10(16)4-2-9/h1-4,16H,7-8H2. The van der Waals surface area contributed by atoms with E-state index >= 15 is 0 Å². The van der Waals surface area contributed by atoms with Gasteiger partial charge in [0, 0.05) is 10.5 Å². The summed E-state index contributed by atoms with van der Waals surface area (Å²) in [5.74, 6) is -0.323. The van der Waals surface area contributed by atoms with Crippen LogP contribution in [0.2, 0.25) is 0 Å². The van der Waals surface area contributed by atoms with E-state index in [1.807, 2.05) is 12.1 Å². The summed E-state index contributed by atoms with van der Waals surface area (Å²) >= 11 is 4.10. The van der Waals surface area contributed by atoms with E-state index < -0.39 is 0 Å². The Bertz CT molecular complexity index is 440. The highest BCUT2D eigenvalue weighted by Gasteiger charge is 2.14. The first kappa shape index (κ1) is 12.1. The molecule has 5 heteroatoms. The van der Waals surface area contributed by atoms with Gasteiger partial charge in [-0.05, 0) is 24.3 Å². The molecule has 16 heavy (non-hydrogen) atoms. The van der Waals surface area contributed by atoms with Crippen molar-refractivity contribution in [1.82, 2.24) is 4.90 Å². The lowest BCUT2D eigenvalue weighted by Crippen LogP contribution is -2.31. The molecule has 0 radical (unpaired) electrons. The summed E-state index contributed by atoms with van der Waals surface area (Å²) in [6, 6.07) is 10.3. The normalized spacial score (nSPS) is 8.94. The van der Waals surface area contributed by atoms with E-state index in [4.69, 9.17) is 10.5 Å². The van der Waals surface area contributed by atoms with Crippen LogP contribution in [0.5, 0.6) is 0 Å². The molecule has 0 aliphatic heterocycles. The summed E-state index contributed by atoms with van der Waals surface area (Å²) in [7, 11) is 0. The number of nitrogens with zero attached hydrogens (tertiary/aromatic N) is 3. The third-order valence-electron chi connectivity index (χ3n) is 1.92. The van der Waals surface area contributed by atoms with Gasteiger partial charge in [0.1, 0.15) is 13.1 Å². The topological polar surface area (TPSA) is 67.9 Å². The Kier molecular flexibility index (Phi) is 4.38. The van der Waals surface area contributed by atoms with Gasteiger partial charge >= 0.3 is 0 Å². The summed E-state index contributed by atoms with van der Waals surface area (Å²) in [6.07, 6.45) is 0. The van der Waals surface area contributed by atoms with Crippen LogP contribution in [0.1, 0.15) is 10.4 Å². The van der Waals surface area contributed by atoms with Crippen molar-refractivity contribution >= 4 is 18.5 Å². The SMILES string of the molecule is N#CCN(CC#N)C(=O)c1ccc(S)cc1. The number of carbonyl (C=O) groups is 1. The van der Waals surface area contributed by atoms with Gasteiger partial charge in [0.15, 0.2) is 0 Å². The van der Waals surface area contributed by atoms with E-state index in [1.165, 1.54) is 4.90 Å². The lowest BCUT2D eigenvalue weighted by Gasteiger charge is -2.15. The molecule has 1 aromatic carbocycles. The predicted molar refractivity (Wildman–Crippen MR) is 60.8 cm³/mol. The van der Waals surface area contributed by atoms with E-state index in [0.29, 0.717) is 5.56 Å². The molecule has 0 saturated carbocycles. The number of amides is 1. The van der Waals surface area contributed by atoms with Gasteiger partial charge in [-0.15, -0.1) is 12.6 Å². The highest BCUT2D eigenvalue weighted by atomic mass is 32.1. The summed E-state index contributed by atoms with van der Waals surface area (Å²) in [4.78, 5) is 13.8. The van der Waals surface area contributed by atoms with Crippen LogP contribution in [0.15, 0.2) is 29.2 Å². The van der Waals surface area contributed by atoms with Crippen LogP contribution in [0, 0.1) is 22.7 Å². The highest BCUT2D eigenvalue weighted by Crippen LogP contribution is 2.10. The smallest absolute Gasteiger partial charge is 0.255 e. The van der Waals surface area contributed by atoms with Gasteiger partial charge in [0.25, 0.3) is 5.91 Å². The second-order valence-corrected chi connectivity index (χ2v) is 3.54. The highest BCUT2D eigenvalue weighted by molar-refractivity contribution is 7.80. The van der Waals surface area contributed by atoms with Crippen LogP contribution < -0.4 is 0 Å². The molecule has 1 rings (SSSR count). The zero-order valence-corrected chi connectivity index (χ0v) is 9.32. The minimum absolute atomic E-state index is 0.0883. The van der Waals surface area contributed by atoms with Crippen LogP contribution in [0.25, 0.3) is 0 Å². The summed E-state index contributed by atoms with van der Waals surface area (Å²) in [5.41, 5.74) is 0.448. The summed E-state index contributed by atoms with van der Waals surface area (Å²) < 4.78 is 0. The van der Waals surface area contributed by atoms with Crippen molar-refractivity contribution < 1.29 is 4.79 Å². The Hall–Kier alpha value is -1.98. The number of rotatable bonds is 3. The van der Waals surface area contributed by atoms with Gasteiger partial charge in [0.05, 0.1) is 12.1 Å². The van der Waals surface area contributed by atoms with Gasteiger partial charge in [-0.2, -0.15) is 10.5 Å². The monoisotopic (exact) mass is 231 g/mol. The molecule has 0 aliphatic carbocycles. The maximum absolute atomic E-state index is 11.8. The molecule has 0 aromatic heterocycles. The van der Waals surface area contributed by atoms with Crippen molar-refractivity contribution in [2.24, 2.45) is 0 Å². The predicted octanol–water partition coefficient (Wildman–Crippen LogP) is 1.46. The van der Waals surface area contributed by atoms with Crippen LogP contribution in [0.4, 0.5) is 0 Å². The average molecular weight is 231 g/mol. The second kappa shape index (κ2) is 5.79. The van der Waals surface area contributed by atoms with E-state index in [1.54, 1.807) is 24.3 Å². The van der Waals surface area contributed by atoms with E-state index in [9.17, 15) is 4.79 Å². The quantitative estimate of drug-likeness (QED) is 0.632. The molecule has 0 spiro atoms. The van der Waals surface area contributed by atoms with E-state index in [-0.39, 0.29) is 19.0 Å². The number of thiol groups is 1. The van der Waals surface area contributed by atoms with Gasteiger partial charge in [0.2, 0.25) is 0 Å². The van der Waals surface area contributed by atoms with Crippen molar-refractivity contribution in [3.05, 3.63) is 29.8 Å². The van der Waals surface area contributed by atoms with Crippen molar-refractivity contribution in [3.8, 4) is 12.1 Å². The number of hydrogen-bond donors (Lipinski definition) is 1. The largest absolute Gasteiger partial charge is 0.312 e. The van der Waals surface area contributed by atoms with Gasteiger partial charge in [-0.3, -0.25) is 4.79 Å². The van der Waals surface area contributed by atoms with Gasteiger partial charge in [-0.1, -0.05) is 0 Å². The minimum atomic E-state index is -0.323. The molecule has 0 saturated heterocycles. The molecule has 0 bridgehead atoms. The Morgan fingerprint density at radius 1 is 1.19 bits per heavy atom. The maximum Gasteiger partial charge on any atom is 0.255 e. The van der Waals surface area contributed by atoms with Crippen molar-refractivity contribution in [3.63, 3.8) is 0 Å². The Balaban J connectivity index is 2.87. The lowest BCUT2D eigenvalue weighted by molar-refractivity contribution is 0.0794. The average Bonchev–Trinajstić information content (AvgIpc) is 2.29. The van der Waals surface area contributed by atoms with E-state index in [2.05, 4.69) is 12.6 Å². The number of benzene rings is 1. The molecule has 0 heterocycles. The Morgan fingerprint density at radius 2 is 1.69 bits per heavy atom. The van der Waals surface area contributed by atoms with Crippen LogP contribution >= 0.6 is 12.6 Å². The first-order chi connectivity index (χ1) is 7.69. The molecule has 80 valence electrons. The van der Waals surface area contributed by atoms with Crippen molar-refractivity contribution in [2.75, 3.05) is 13.1 Å². The molecule has 0 fully saturated rings. The molecule has 4 nitrogen and oxygen atoms in total. The zero-order chi connectivity index (χ0) is 12.0. The van der Waals surface area contributed by atoms with Crippen molar-refractivity contribution in [1.29, 1.82) is 10.5 Å². The molecule has 0 atom stereocenters. The molecule has 1 amide bonds.